The molecule has 0 bridgehead atoms. The number of aryl methyl sites for hydroxylation is 1. The molecule has 0 saturated heterocycles. The molecule has 1 aromatic rings. The van der Waals surface area contributed by atoms with Gasteiger partial charge in [0.05, 0.1) is 5.56 Å². The van der Waals surface area contributed by atoms with Gasteiger partial charge in [-0.15, -0.1) is 0 Å². The molecule has 90 valence electrons. The number of carbonyl (C=O) groups excluding carboxylic acids is 1. The van der Waals surface area contributed by atoms with Gasteiger partial charge in [-0.1, -0.05) is 11.8 Å². The third kappa shape index (κ3) is 2.69. The fourth-order valence-corrected chi connectivity index (χ4v) is 1.75. The monoisotopic (exact) mass is 254 g/mol. The van der Waals surface area contributed by atoms with Gasteiger partial charge in [-0.2, -0.15) is 13.2 Å². The van der Waals surface area contributed by atoms with Crippen LogP contribution >= 0.6 is 11.8 Å². The first-order valence-corrected chi connectivity index (χ1v) is 5.20. The molecule has 0 spiro atoms. The Hall–Kier alpha value is -1.18. The van der Waals surface area contributed by atoms with E-state index in [2.05, 4.69) is 0 Å². The fourth-order valence-electron chi connectivity index (χ4n) is 1.14. The number of nitrogens with zero attached hydrogens (tertiary/aromatic N) is 1. The number of aromatic amines is 1. The van der Waals surface area contributed by atoms with Crippen LogP contribution in [0.4, 0.5) is 13.2 Å². The van der Waals surface area contributed by atoms with Gasteiger partial charge < -0.3 is 0 Å². The Kier molecular flexibility index (Phi) is 3.51. The molecule has 0 aromatic carbocycles. The van der Waals surface area contributed by atoms with Crippen molar-refractivity contribution < 1.29 is 18.0 Å². The summed E-state index contributed by atoms with van der Waals surface area (Å²) >= 11 is 0.670. The van der Waals surface area contributed by atoms with Crippen molar-refractivity contribution in [3.63, 3.8) is 0 Å². The smallest absolute Gasteiger partial charge is 0.291 e. The van der Waals surface area contributed by atoms with Crippen molar-refractivity contribution in [2.24, 2.45) is 7.05 Å². The molecule has 1 aromatic heterocycles. The summed E-state index contributed by atoms with van der Waals surface area (Å²) in [5.74, 6) is -0.277. The number of alkyl halides is 3. The molecule has 0 aliphatic heterocycles. The molecule has 0 aliphatic carbocycles. The van der Waals surface area contributed by atoms with Gasteiger partial charge in [-0.05, 0) is 0 Å². The summed E-state index contributed by atoms with van der Waals surface area (Å²) in [6.45, 7) is 1.23. The number of thioether (sulfide) groups is 1. The second-order valence-corrected chi connectivity index (χ2v) is 4.26. The summed E-state index contributed by atoms with van der Waals surface area (Å²) < 4.78 is 38.2. The maximum Gasteiger partial charge on any atom is 0.433 e. The standard InChI is InChI=1S/C8H9F3N2O2S/c1-4(14)16-3-5-6(8(9,10)11)12-13(2)7(5)15/h12H,3H2,1-2H3. The van der Waals surface area contributed by atoms with Crippen LogP contribution in [0.1, 0.15) is 18.2 Å². The van der Waals surface area contributed by atoms with Gasteiger partial charge in [0.25, 0.3) is 5.56 Å². The minimum absolute atomic E-state index is 0.277. The highest BCUT2D eigenvalue weighted by molar-refractivity contribution is 8.12. The van der Waals surface area contributed by atoms with Crippen molar-refractivity contribution >= 4 is 16.9 Å². The fraction of sp³-hybridized carbons (Fsp3) is 0.500. The molecule has 0 fully saturated rings. The van der Waals surface area contributed by atoms with Crippen LogP contribution in [0.25, 0.3) is 0 Å². The maximum absolute atomic E-state index is 12.5. The number of hydrogen-bond donors (Lipinski definition) is 1. The molecule has 16 heavy (non-hydrogen) atoms. The van der Waals surface area contributed by atoms with Crippen LogP contribution in [0, 0.1) is 0 Å². The summed E-state index contributed by atoms with van der Waals surface area (Å²) in [6, 6.07) is 0. The summed E-state index contributed by atoms with van der Waals surface area (Å²) in [6.07, 6.45) is -4.62. The zero-order valence-corrected chi connectivity index (χ0v) is 9.33. The first kappa shape index (κ1) is 12.9. The molecule has 1 rings (SSSR count). The molecular formula is C8H9F3N2O2S. The molecule has 0 radical (unpaired) electrons. The predicted molar refractivity (Wildman–Crippen MR) is 53.0 cm³/mol. The second kappa shape index (κ2) is 4.36. The first-order chi connectivity index (χ1) is 7.23. The van der Waals surface area contributed by atoms with Crippen molar-refractivity contribution in [1.29, 1.82) is 0 Å². The van der Waals surface area contributed by atoms with Gasteiger partial charge >= 0.3 is 6.18 Å². The average molecular weight is 254 g/mol. The Labute approximate surface area is 92.8 Å². The number of rotatable bonds is 2. The number of carbonyl (C=O) groups is 1. The van der Waals surface area contributed by atoms with E-state index in [9.17, 15) is 22.8 Å². The number of aromatic nitrogens is 2. The summed E-state index contributed by atoms with van der Waals surface area (Å²) in [5, 5.41) is 1.59. The molecule has 0 saturated carbocycles. The van der Waals surface area contributed by atoms with Gasteiger partial charge in [0.1, 0.15) is 5.69 Å². The van der Waals surface area contributed by atoms with E-state index in [1.54, 1.807) is 0 Å². The molecule has 0 aliphatic rings. The van der Waals surface area contributed by atoms with Gasteiger partial charge in [-0.25, -0.2) is 0 Å². The minimum Gasteiger partial charge on any atom is -0.291 e. The van der Waals surface area contributed by atoms with E-state index >= 15 is 0 Å². The normalized spacial score (nSPS) is 11.8. The van der Waals surface area contributed by atoms with Gasteiger partial charge in [-0.3, -0.25) is 19.4 Å². The zero-order valence-electron chi connectivity index (χ0n) is 8.51. The van der Waals surface area contributed by atoms with Crippen molar-refractivity contribution in [2.75, 3.05) is 0 Å². The first-order valence-electron chi connectivity index (χ1n) is 4.22. The quantitative estimate of drug-likeness (QED) is 0.870. The second-order valence-electron chi connectivity index (χ2n) is 3.11. The Morgan fingerprint density at radius 1 is 1.50 bits per heavy atom. The van der Waals surface area contributed by atoms with Crippen LogP contribution in [0.2, 0.25) is 0 Å². The average Bonchev–Trinajstić information content (AvgIpc) is 2.40. The Balaban J connectivity index is 3.15. The largest absolute Gasteiger partial charge is 0.433 e. The summed E-state index contributed by atoms with van der Waals surface area (Å²) in [7, 11) is 1.19. The van der Waals surface area contributed by atoms with Gasteiger partial charge in [0.2, 0.25) is 0 Å². The van der Waals surface area contributed by atoms with E-state index in [1.807, 2.05) is 5.10 Å². The van der Waals surface area contributed by atoms with E-state index in [4.69, 9.17) is 0 Å². The van der Waals surface area contributed by atoms with Crippen LogP contribution in [-0.2, 0) is 23.8 Å². The van der Waals surface area contributed by atoms with Crippen molar-refractivity contribution in [3.8, 4) is 0 Å². The molecular weight excluding hydrogens is 245 g/mol. The van der Waals surface area contributed by atoms with Crippen LogP contribution < -0.4 is 5.56 Å². The van der Waals surface area contributed by atoms with Crippen LogP contribution in [0.3, 0.4) is 0 Å². The number of hydrogen-bond acceptors (Lipinski definition) is 3. The highest BCUT2D eigenvalue weighted by Crippen LogP contribution is 2.30. The lowest BCUT2D eigenvalue weighted by molar-refractivity contribution is -0.142. The van der Waals surface area contributed by atoms with E-state index in [-0.39, 0.29) is 10.9 Å². The highest BCUT2D eigenvalue weighted by Gasteiger charge is 2.37. The Morgan fingerprint density at radius 2 is 2.06 bits per heavy atom. The molecule has 0 unspecified atom stereocenters. The van der Waals surface area contributed by atoms with E-state index < -0.39 is 23.0 Å². The third-order valence-electron chi connectivity index (χ3n) is 1.85. The van der Waals surface area contributed by atoms with Crippen LogP contribution in [0.5, 0.6) is 0 Å². The molecule has 8 heteroatoms. The molecule has 4 nitrogen and oxygen atoms in total. The SMILES string of the molecule is CC(=O)SCc1c(C(F)(F)F)[nH]n(C)c1=O. The van der Waals surface area contributed by atoms with Gasteiger partial charge in [0.15, 0.2) is 5.12 Å². The lowest BCUT2D eigenvalue weighted by Crippen LogP contribution is -2.15. The summed E-state index contributed by atoms with van der Waals surface area (Å²) in [4.78, 5) is 22.0. The third-order valence-corrected chi connectivity index (χ3v) is 2.69. The van der Waals surface area contributed by atoms with E-state index in [1.165, 1.54) is 14.0 Å². The topological polar surface area (TPSA) is 54.9 Å². The van der Waals surface area contributed by atoms with E-state index in [0.717, 1.165) is 4.68 Å². The van der Waals surface area contributed by atoms with Crippen LogP contribution in [-0.4, -0.2) is 14.9 Å². The molecule has 1 heterocycles. The number of H-pyrrole nitrogens is 1. The molecule has 1 N–H and O–H groups in total. The van der Waals surface area contributed by atoms with Crippen molar-refractivity contribution in [1.82, 2.24) is 9.78 Å². The maximum atomic E-state index is 12.5. The van der Waals surface area contributed by atoms with Gasteiger partial charge in [0, 0.05) is 19.7 Å². The Bertz CT molecular complexity index is 461. The van der Waals surface area contributed by atoms with Crippen molar-refractivity contribution in [2.45, 2.75) is 18.9 Å². The Morgan fingerprint density at radius 3 is 2.50 bits per heavy atom. The molecule has 0 amide bonds. The predicted octanol–water partition coefficient (Wildman–Crippen LogP) is 1.51. The minimum atomic E-state index is -4.62. The number of nitrogens with one attached hydrogen (secondary N) is 1. The lowest BCUT2D eigenvalue weighted by Gasteiger charge is -2.05. The number of halogens is 3. The zero-order chi connectivity index (χ0) is 12.5. The summed E-state index contributed by atoms with van der Waals surface area (Å²) in [5.41, 5.74) is -2.27. The molecule has 0 atom stereocenters. The highest BCUT2D eigenvalue weighted by atomic mass is 32.2. The lowest BCUT2D eigenvalue weighted by atomic mass is 10.3. The van der Waals surface area contributed by atoms with Crippen LogP contribution in [0.15, 0.2) is 4.79 Å². The van der Waals surface area contributed by atoms with E-state index in [0.29, 0.717) is 11.8 Å². The van der Waals surface area contributed by atoms with Crippen molar-refractivity contribution in [3.05, 3.63) is 21.6 Å².